The van der Waals surface area contributed by atoms with Crippen LogP contribution in [0.2, 0.25) is 0 Å². The Labute approximate surface area is 326 Å². The van der Waals surface area contributed by atoms with Gasteiger partial charge in [0.1, 0.15) is 0 Å². The molecule has 0 unspecified atom stereocenters. The van der Waals surface area contributed by atoms with Gasteiger partial charge in [-0.3, -0.25) is 0 Å². The standard InChI is InChI=1S/C54H45N/c1-5-7-16-40(3)41(4)37-42(6-2)45-25-31-52(32-26-45)55(53-33-27-46(28-34-53)50-23-14-21-48(38-50)43-17-10-8-11-18-43)54-35-29-47(30-36-54)51-24-15-22-49(39-51)44-19-12-9-13-20-44/h5-39H,2,4H2,1,3H3/b7-5-,40-16+,42-37+. The number of benzene rings is 7. The summed E-state index contributed by atoms with van der Waals surface area (Å²) in [6.45, 7) is 12.5. The highest BCUT2D eigenvalue weighted by Crippen LogP contribution is 2.38. The van der Waals surface area contributed by atoms with E-state index in [2.05, 4.69) is 219 Å². The van der Waals surface area contributed by atoms with Gasteiger partial charge in [-0.1, -0.05) is 171 Å². The molecule has 0 aliphatic heterocycles. The van der Waals surface area contributed by atoms with Crippen LogP contribution >= 0.6 is 0 Å². The zero-order valence-electron chi connectivity index (χ0n) is 31.6. The molecule has 0 spiro atoms. The molecule has 0 saturated carbocycles. The molecule has 0 fully saturated rings. The van der Waals surface area contributed by atoms with E-state index >= 15 is 0 Å². The van der Waals surface area contributed by atoms with Crippen LogP contribution in [0.1, 0.15) is 19.4 Å². The molecule has 1 nitrogen and oxygen atoms in total. The SMILES string of the molecule is C=C/C(=C\C(=C)/C(C)=C/C=C\C)c1ccc(N(c2ccc(-c3cccc(-c4ccccc4)c3)cc2)c2ccc(-c3cccc(-c4ccccc4)c3)cc2)cc1. The molecule has 7 aromatic carbocycles. The third kappa shape index (κ3) is 8.65. The molecular formula is C54H45N. The van der Waals surface area contributed by atoms with Crippen LogP contribution in [0.15, 0.2) is 237 Å². The number of anilines is 3. The Balaban J connectivity index is 1.23. The van der Waals surface area contributed by atoms with E-state index in [-0.39, 0.29) is 0 Å². The van der Waals surface area contributed by atoms with E-state index in [1.807, 2.05) is 25.2 Å². The summed E-state index contributed by atoms with van der Waals surface area (Å²) in [5.41, 5.74) is 17.0. The zero-order valence-corrected chi connectivity index (χ0v) is 31.6. The lowest BCUT2D eigenvalue weighted by Gasteiger charge is -2.26. The fraction of sp³-hybridized carbons (Fsp3) is 0.0370. The second kappa shape index (κ2) is 17.2. The first-order chi connectivity index (χ1) is 27.0. The lowest BCUT2D eigenvalue weighted by molar-refractivity contribution is 1.28. The average molecular weight is 708 g/mol. The molecule has 7 rings (SSSR count). The van der Waals surface area contributed by atoms with Gasteiger partial charge in [0.05, 0.1) is 0 Å². The van der Waals surface area contributed by atoms with Crippen molar-refractivity contribution in [2.45, 2.75) is 13.8 Å². The lowest BCUT2D eigenvalue weighted by atomic mass is 9.98. The Bertz CT molecular complexity index is 2350. The summed E-state index contributed by atoms with van der Waals surface area (Å²) in [6.07, 6.45) is 10.1. The predicted molar refractivity (Wildman–Crippen MR) is 239 cm³/mol. The second-order valence-corrected chi connectivity index (χ2v) is 13.6. The number of hydrogen-bond donors (Lipinski definition) is 0. The van der Waals surface area contributed by atoms with Crippen LogP contribution < -0.4 is 4.90 Å². The first kappa shape index (κ1) is 36.4. The molecule has 0 bridgehead atoms. The molecule has 266 valence electrons. The molecule has 0 aromatic heterocycles. The summed E-state index contributed by atoms with van der Waals surface area (Å²) in [5.74, 6) is 0. The van der Waals surface area contributed by atoms with Crippen LogP contribution in [0.4, 0.5) is 17.1 Å². The van der Waals surface area contributed by atoms with Gasteiger partial charge < -0.3 is 4.90 Å². The van der Waals surface area contributed by atoms with E-state index < -0.39 is 0 Å². The minimum atomic E-state index is 0.961. The summed E-state index contributed by atoms with van der Waals surface area (Å²) in [6, 6.07) is 65.1. The maximum absolute atomic E-state index is 4.31. The van der Waals surface area contributed by atoms with Crippen molar-refractivity contribution in [1.82, 2.24) is 0 Å². The van der Waals surface area contributed by atoms with Crippen LogP contribution in [-0.4, -0.2) is 0 Å². The maximum atomic E-state index is 4.31. The Morgan fingerprint density at radius 2 is 0.855 bits per heavy atom. The van der Waals surface area contributed by atoms with Crippen molar-refractivity contribution < 1.29 is 0 Å². The molecule has 0 heterocycles. The fourth-order valence-corrected chi connectivity index (χ4v) is 6.78. The largest absolute Gasteiger partial charge is 0.311 e. The third-order valence-electron chi connectivity index (χ3n) is 9.91. The molecule has 0 radical (unpaired) electrons. The number of nitrogens with zero attached hydrogens (tertiary/aromatic N) is 1. The first-order valence-electron chi connectivity index (χ1n) is 18.8. The molecule has 0 atom stereocenters. The van der Waals surface area contributed by atoms with Gasteiger partial charge in [-0.2, -0.15) is 0 Å². The second-order valence-electron chi connectivity index (χ2n) is 13.6. The Morgan fingerprint density at radius 1 is 0.473 bits per heavy atom. The first-order valence-corrected chi connectivity index (χ1v) is 18.8. The van der Waals surface area contributed by atoms with Crippen molar-refractivity contribution in [3.05, 3.63) is 242 Å². The van der Waals surface area contributed by atoms with E-state index in [1.165, 1.54) is 44.5 Å². The summed E-state index contributed by atoms with van der Waals surface area (Å²) in [5, 5.41) is 0. The molecule has 0 N–H and O–H groups in total. The van der Waals surface area contributed by atoms with Gasteiger partial charge in [0.2, 0.25) is 0 Å². The van der Waals surface area contributed by atoms with Crippen LogP contribution in [0.25, 0.3) is 50.1 Å². The van der Waals surface area contributed by atoms with Crippen molar-refractivity contribution in [3.63, 3.8) is 0 Å². The monoisotopic (exact) mass is 707 g/mol. The Hall–Kier alpha value is -6.96. The van der Waals surface area contributed by atoms with Crippen LogP contribution in [0, 0.1) is 0 Å². The average Bonchev–Trinajstić information content (AvgIpc) is 3.26. The number of allylic oxidation sites excluding steroid dienone is 8. The van der Waals surface area contributed by atoms with E-state index in [4.69, 9.17) is 0 Å². The van der Waals surface area contributed by atoms with E-state index in [1.54, 1.807) is 0 Å². The van der Waals surface area contributed by atoms with E-state index in [0.717, 1.165) is 39.3 Å². The molecule has 7 aromatic rings. The summed E-state index contributed by atoms with van der Waals surface area (Å²) >= 11 is 0. The highest BCUT2D eigenvalue weighted by atomic mass is 15.1. The quantitative estimate of drug-likeness (QED) is 0.114. The molecule has 0 amide bonds. The van der Waals surface area contributed by atoms with Crippen molar-refractivity contribution in [3.8, 4) is 44.5 Å². The molecule has 0 aliphatic carbocycles. The van der Waals surface area contributed by atoms with Gasteiger partial charge in [-0.25, -0.2) is 0 Å². The minimum Gasteiger partial charge on any atom is -0.311 e. The number of rotatable bonds is 12. The molecular weight excluding hydrogens is 663 g/mol. The number of hydrogen-bond acceptors (Lipinski definition) is 1. The predicted octanol–water partition coefficient (Wildman–Crippen LogP) is 15.5. The molecule has 0 saturated heterocycles. The minimum absolute atomic E-state index is 0.961. The van der Waals surface area contributed by atoms with Gasteiger partial charge in [0, 0.05) is 17.1 Å². The van der Waals surface area contributed by atoms with Crippen molar-refractivity contribution in [1.29, 1.82) is 0 Å². The van der Waals surface area contributed by atoms with Crippen molar-refractivity contribution in [2.24, 2.45) is 0 Å². The highest BCUT2D eigenvalue weighted by Gasteiger charge is 2.14. The molecule has 55 heavy (non-hydrogen) atoms. The van der Waals surface area contributed by atoms with Crippen molar-refractivity contribution in [2.75, 3.05) is 4.90 Å². The zero-order chi connectivity index (χ0) is 38.0. The normalized spacial score (nSPS) is 11.7. The highest BCUT2D eigenvalue weighted by molar-refractivity contribution is 5.83. The Kier molecular flexibility index (Phi) is 11.4. The third-order valence-corrected chi connectivity index (χ3v) is 9.91. The van der Waals surface area contributed by atoms with Gasteiger partial charge in [-0.05, 0) is 135 Å². The van der Waals surface area contributed by atoms with E-state index in [9.17, 15) is 0 Å². The van der Waals surface area contributed by atoms with Crippen molar-refractivity contribution >= 4 is 22.6 Å². The van der Waals surface area contributed by atoms with Crippen LogP contribution in [0.5, 0.6) is 0 Å². The molecule has 0 aliphatic rings. The van der Waals surface area contributed by atoms with Crippen LogP contribution in [0.3, 0.4) is 0 Å². The Morgan fingerprint density at radius 3 is 1.25 bits per heavy atom. The van der Waals surface area contributed by atoms with Gasteiger partial charge >= 0.3 is 0 Å². The summed E-state index contributed by atoms with van der Waals surface area (Å²) < 4.78 is 0. The fourth-order valence-electron chi connectivity index (χ4n) is 6.78. The van der Waals surface area contributed by atoms with Crippen LogP contribution in [-0.2, 0) is 0 Å². The van der Waals surface area contributed by atoms with Gasteiger partial charge in [-0.15, -0.1) is 0 Å². The van der Waals surface area contributed by atoms with E-state index in [0.29, 0.717) is 0 Å². The summed E-state index contributed by atoms with van der Waals surface area (Å²) in [4.78, 5) is 2.32. The molecule has 1 heteroatoms. The topological polar surface area (TPSA) is 3.24 Å². The van der Waals surface area contributed by atoms with Gasteiger partial charge in [0.25, 0.3) is 0 Å². The summed E-state index contributed by atoms with van der Waals surface area (Å²) in [7, 11) is 0. The lowest BCUT2D eigenvalue weighted by Crippen LogP contribution is -2.10. The van der Waals surface area contributed by atoms with Gasteiger partial charge in [0.15, 0.2) is 0 Å². The smallest absolute Gasteiger partial charge is 0.0462 e. The maximum Gasteiger partial charge on any atom is 0.0462 e.